The third-order valence-corrected chi connectivity index (χ3v) is 5.27. The Balaban J connectivity index is 1.77. The highest BCUT2D eigenvalue weighted by molar-refractivity contribution is 6.02. The van der Waals surface area contributed by atoms with E-state index >= 15 is 0 Å². The van der Waals surface area contributed by atoms with Crippen molar-refractivity contribution in [3.8, 4) is 11.4 Å². The lowest BCUT2D eigenvalue weighted by molar-refractivity contribution is -0.0498. The molecule has 0 radical (unpaired) electrons. The zero-order valence-electron chi connectivity index (χ0n) is 18.4. The number of aromatic nitrogens is 1. The summed E-state index contributed by atoms with van der Waals surface area (Å²) in [6, 6.07) is 15.0. The number of Topliss-reactive ketones (excluding diaryl/α,β-unsaturated/α-hetero) is 1. The monoisotopic (exact) mass is 441 g/mol. The number of aryl methyl sites for hydroxylation is 2. The van der Waals surface area contributed by atoms with Crippen LogP contribution in [0.15, 0.2) is 54.6 Å². The second-order valence-electron chi connectivity index (χ2n) is 7.45. The van der Waals surface area contributed by atoms with Gasteiger partial charge in [0.2, 0.25) is 5.78 Å². The summed E-state index contributed by atoms with van der Waals surface area (Å²) in [5.41, 5.74) is 4.05. The summed E-state index contributed by atoms with van der Waals surface area (Å²) >= 11 is 0. The zero-order valence-corrected chi connectivity index (χ0v) is 18.4. The first kappa shape index (κ1) is 23.2. The van der Waals surface area contributed by atoms with E-state index < -0.39 is 18.7 Å². The molecule has 0 saturated heterocycles. The first-order valence-corrected chi connectivity index (χ1v) is 10.3. The van der Waals surface area contributed by atoms with Crippen LogP contribution in [0.5, 0.6) is 5.75 Å². The molecule has 168 valence electrons. The number of carbonyl (C=O) groups is 2. The zero-order chi connectivity index (χ0) is 23.4. The second-order valence-corrected chi connectivity index (χ2v) is 7.45. The standard InChI is InChI=1S/C25H25F2NO4/c1-5-18-6-8-19(9-7-18)24(30)31-17(4)23(29)22-14-15(2)28(16(22)3)20-10-12-21(13-11-20)32-25(26)27/h6-14,17,25H,5H2,1-4H3. The van der Waals surface area contributed by atoms with E-state index in [2.05, 4.69) is 4.74 Å². The third-order valence-electron chi connectivity index (χ3n) is 5.27. The maximum absolute atomic E-state index is 13.0. The Labute approximate surface area is 185 Å². The quantitative estimate of drug-likeness (QED) is 0.333. The van der Waals surface area contributed by atoms with Crippen LogP contribution in [0.3, 0.4) is 0 Å². The molecule has 3 aromatic rings. The molecule has 0 bridgehead atoms. The van der Waals surface area contributed by atoms with Gasteiger partial charge in [0, 0.05) is 22.6 Å². The highest BCUT2D eigenvalue weighted by atomic mass is 19.3. The fraction of sp³-hybridized carbons (Fsp3) is 0.280. The Kier molecular flexibility index (Phi) is 7.08. The molecular formula is C25H25F2NO4. The van der Waals surface area contributed by atoms with Crippen molar-refractivity contribution in [2.45, 2.75) is 46.8 Å². The average molecular weight is 441 g/mol. The Hall–Kier alpha value is -3.48. The number of halogens is 2. The number of hydrogen-bond acceptors (Lipinski definition) is 4. The Morgan fingerprint density at radius 1 is 1.00 bits per heavy atom. The molecule has 0 aliphatic rings. The summed E-state index contributed by atoms with van der Waals surface area (Å²) in [4.78, 5) is 25.4. The van der Waals surface area contributed by atoms with Gasteiger partial charge in [-0.3, -0.25) is 4.79 Å². The molecule has 0 amide bonds. The van der Waals surface area contributed by atoms with Crippen molar-refractivity contribution in [3.63, 3.8) is 0 Å². The SMILES string of the molecule is CCc1ccc(C(=O)OC(C)C(=O)c2cc(C)n(-c3ccc(OC(F)F)cc3)c2C)cc1. The number of ether oxygens (including phenoxy) is 2. The minimum Gasteiger partial charge on any atom is -0.451 e. The first-order chi connectivity index (χ1) is 15.2. The van der Waals surface area contributed by atoms with Crippen LogP contribution in [0, 0.1) is 13.8 Å². The summed E-state index contributed by atoms with van der Waals surface area (Å²) in [5.74, 6) is -0.826. The number of esters is 1. The topological polar surface area (TPSA) is 57.5 Å². The molecule has 1 aromatic heterocycles. The van der Waals surface area contributed by atoms with E-state index in [4.69, 9.17) is 4.74 Å². The van der Waals surface area contributed by atoms with Crippen molar-refractivity contribution in [1.29, 1.82) is 0 Å². The van der Waals surface area contributed by atoms with E-state index in [1.807, 2.05) is 30.5 Å². The molecular weight excluding hydrogens is 416 g/mol. The van der Waals surface area contributed by atoms with E-state index in [-0.39, 0.29) is 11.5 Å². The van der Waals surface area contributed by atoms with Gasteiger partial charge in [-0.25, -0.2) is 4.79 Å². The summed E-state index contributed by atoms with van der Waals surface area (Å²) in [5, 5.41) is 0. The first-order valence-electron chi connectivity index (χ1n) is 10.3. The Morgan fingerprint density at radius 3 is 2.19 bits per heavy atom. The summed E-state index contributed by atoms with van der Waals surface area (Å²) in [7, 11) is 0. The maximum Gasteiger partial charge on any atom is 0.387 e. The molecule has 0 aliphatic carbocycles. The van der Waals surface area contributed by atoms with Crippen molar-refractivity contribution < 1.29 is 27.8 Å². The normalized spacial score (nSPS) is 12.0. The molecule has 0 fully saturated rings. The van der Waals surface area contributed by atoms with Crippen LogP contribution in [0.4, 0.5) is 8.78 Å². The average Bonchev–Trinajstić information content (AvgIpc) is 3.07. The molecule has 0 saturated carbocycles. The summed E-state index contributed by atoms with van der Waals surface area (Å²) in [6.07, 6.45) is -0.106. The van der Waals surface area contributed by atoms with E-state index in [1.54, 1.807) is 44.2 Å². The molecule has 7 heteroatoms. The van der Waals surface area contributed by atoms with Crippen LogP contribution in [0.25, 0.3) is 5.69 Å². The van der Waals surface area contributed by atoms with Gasteiger partial charge in [0.1, 0.15) is 5.75 Å². The van der Waals surface area contributed by atoms with Crippen molar-refractivity contribution >= 4 is 11.8 Å². The van der Waals surface area contributed by atoms with Gasteiger partial charge >= 0.3 is 12.6 Å². The number of ketones is 1. The van der Waals surface area contributed by atoms with E-state index in [9.17, 15) is 18.4 Å². The smallest absolute Gasteiger partial charge is 0.387 e. The molecule has 2 aromatic carbocycles. The van der Waals surface area contributed by atoms with Gasteiger partial charge < -0.3 is 14.0 Å². The molecule has 1 atom stereocenters. The molecule has 1 unspecified atom stereocenters. The van der Waals surface area contributed by atoms with Crippen LogP contribution in [0.2, 0.25) is 0 Å². The molecule has 0 N–H and O–H groups in total. The summed E-state index contributed by atoms with van der Waals surface area (Å²) in [6.45, 7) is 4.29. The van der Waals surface area contributed by atoms with Gasteiger partial charge in [-0.15, -0.1) is 0 Å². The number of nitrogens with zero attached hydrogens (tertiary/aromatic N) is 1. The van der Waals surface area contributed by atoms with Crippen LogP contribution in [-0.4, -0.2) is 29.0 Å². The minimum absolute atomic E-state index is 0.0509. The molecule has 3 rings (SSSR count). The molecule has 32 heavy (non-hydrogen) atoms. The van der Waals surface area contributed by atoms with E-state index in [1.165, 1.54) is 12.1 Å². The number of benzene rings is 2. The molecule has 0 aliphatic heterocycles. The van der Waals surface area contributed by atoms with Crippen LogP contribution >= 0.6 is 0 Å². The summed E-state index contributed by atoms with van der Waals surface area (Å²) < 4.78 is 36.4. The molecule has 5 nitrogen and oxygen atoms in total. The number of hydrogen-bond donors (Lipinski definition) is 0. The highest BCUT2D eigenvalue weighted by Gasteiger charge is 2.25. The van der Waals surface area contributed by atoms with Gasteiger partial charge in [0.25, 0.3) is 0 Å². The van der Waals surface area contributed by atoms with Crippen molar-refractivity contribution in [3.05, 3.63) is 82.7 Å². The van der Waals surface area contributed by atoms with Gasteiger partial charge in [-0.2, -0.15) is 8.78 Å². The second kappa shape index (κ2) is 9.77. The van der Waals surface area contributed by atoms with Crippen molar-refractivity contribution in [2.24, 2.45) is 0 Å². The van der Waals surface area contributed by atoms with Gasteiger partial charge in [-0.05, 0) is 75.2 Å². The van der Waals surface area contributed by atoms with E-state index in [0.29, 0.717) is 22.5 Å². The van der Waals surface area contributed by atoms with Crippen LogP contribution in [-0.2, 0) is 11.2 Å². The van der Waals surface area contributed by atoms with Crippen molar-refractivity contribution in [2.75, 3.05) is 0 Å². The fourth-order valence-electron chi connectivity index (χ4n) is 3.56. The number of rotatable bonds is 8. The largest absolute Gasteiger partial charge is 0.451 e. The van der Waals surface area contributed by atoms with Crippen LogP contribution in [0.1, 0.15) is 51.5 Å². The van der Waals surface area contributed by atoms with Gasteiger partial charge in [-0.1, -0.05) is 19.1 Å². The van der Waals surface area contributed by atoms with Gasteiger partial charge in [0.15, 0.2) is 6.10 Å². The molecule has 0 spiro atoms. The lowest BCUT2D eigenvalue weighted by atomic mass is 10.1. The third kappa shape index (κ3) is 5.04. The lowest BCUT2D eigenvalue weighted by Crippen LogP contribution is -2.25. The Bertz CT molecular complexity index is 1100. The number of alkyl halides is 2. The van der Waals surface area contributed by atoms with E-state index in [0.717, 1.165) is 17.7 Å². The lowest BCUT2D eigenvalue weighted by Gasteiger charge is -2.14. The Morgan fingerprint density at radius 2 is 1.62 bits per heavy atom. The predicted octanol–water partition coefficient (Wildman–Crippen LogP) is 5.69. The van der Waals surface area contributed by atoms with Crippen LogP contribution < -0.4 is 4.74 Å². The minimum atomic E-state index is -2.89. The van der Waals surface area contributed by atoms with Crippen molar-refractivity contribution in [1.82, 2.24) is 4.57 Å². The number of carbonyl (C=O) groups excluding carboxylic acids is 2. The maximum atomic E-state index is 13.0. The predicted molar refractivity (Wildman–Crippen MR) is 117 cm³/mol. The molecule has 1 heterocycles. The highest BCUT2D eigenvalue weighted by Crippen LogP contribution is 2.25. The fourth-order valence-corrected chi connectivity index (χ4v) is 3.56. The van der Waals surface area contributed by atoms with Gasteiger partial charge in [0.05, 0.1) is 5.56 Å².